The fourth-order valence-electron chi connectivity index (χ4n) is 6.62. The first-order valence-electron chi connectivity index (χ1n) is 18.9. The molecule has 2 atom stereocenters. The van der Waals surface area contributed by atoms with Crippen molar-refractivity contribution >= 4 is 35.1 Å². The lowest BCUT2D eigenvalue weighted by molar-refractivity contribution is -0.157. The van der Waals surface area contributed by atoms with Crippen LogP contribution in [0.25, 0.3) is 11.1 Å². The Hall–Kier alpha value is -4.94. The van der Waals surface area contributed by atoms with Gasteiger partial charge in [-0.05, 0) is 75.0 Å². The van der Waals surface area contributed by atoms with Gasteiger partial charge in [0.1, 0.15) is 47.5 Å². The number of carbonyl (C=O) groups is 2. The van der Waals surface area contributed by atoms with Gasteiger partial charge in [0.2, 0.25) is 0 Å². The Morgan fingerprint density at radius 2 is 1.76 bits per heavy atom. The van der Waals surface area contributed by atoms with Crippen LogP contribution >= 0.6 is 23.2 Å². The number of benzene rings is 3. The number of carbonyl (C=O) groups excluding carboxylic acids is 1. The zero-order valence-electron chi connectivity index (χ0n) is 32.7. The summed E-state index contributed by atoms with van der Waals surface area (Å²) in [6, 6.07) is 18.4. The minimum Gasteiger partial charge on any atom is -0.492 e. The van der Waals surface area contributed by atoms with Crippen molar-refractivity contribution in [3.63, 3.8) is 0 Å². The number of aromatic nitrogens is 1. The molecule has 0 spiro atoms. The van der Waals surface area contributed by atoms with Crippen LogP contribution in [0.3, 0.4) is 0 Å². The van der Waals surface area contributed by atoms with Gasteiger partial charge < -0.3 is 39.2 Å². The predicted molar refractivity (Wildman–Crippen MR) is 218 cm³/mol. The third-order valence-electron chi connectivity index (χ3n) is 10.3. The number of carboxylic acid groups (broad SMARTS) is 1. The Morgan fingerprint density at radius 3 is 2.48 bits per heavy atom. The summed E-state index contributed by atoms with van der Waals surface area (Å²) < 4.78 is 23.8. The molecule has 1 aliphatic rings. The Labute approximate surface area is 348 Å². The van der Waals surface area contributed by atoms with Gasteiger partial charge in [-0.15, -0.1) is 0 Å². The molecule has 4 aromatic rings. The highest BCUT2D eigenvalue weighted by atomic mass is 35.5. The monoisotopic (exact) mass is 834 g/mol. The Balaban J connectivity index is 1.27. The molecule has 1 saturated heterocycles. The number of nitrogens with zero attached hydrogens (tertiary/aromatic N) is 3. The largest absolute Gasteiger partial charge is 0.492 e. The predicted octanol–water partition coefficient (Wildman–Crippen LogP) is 6.34. The number of likely N-dealkylation sites (tertiary alicyclic amines) is 1. The van der Waals surface area contributed by atoms with E-state index in [0.29, 0.717) is 78.0 Å². The van der Waals surface area contributed by atoms with Crippen molar-refractivity contribution in [3.05, 3.63) is 105 Å². The maximum atomic E-state index is 12.5. The molecule has 58 heavy (non-hydrogen) atoms. The lowest BCUT2D eigenvalue weighted by Crippen LogP contribution is -2.52. The third kappa shape index (κ3) is 10.6. The van der Waals surface area contributed by atoms with E-state index in [-0.39, 0.29) is 44.0 Å². The van der Waals surface area contributed by atoms with Gasteiger partial charge in [0.15, 0.2) is 0 Å². The van der Waals surface area contributed by atoms with Gasteiger partial charge >= 0.3 is 11.9 Å². The summed E-state index contributed by atoms with van der Waals surface area (Å²) in [5, 5.41) is 42.3. The summed E-state index contributed by atoms with van der Waals surface area (Å²) in [5.74, 6) is -0.356. The number of aliphatic carboxylic acids is 1. The van der Waals surface area contributed by atoms with Crippen LogP contribution < -0.4 is 19.5 Å². The number of carboxylic acids is 1. The van der Waals surface area contributed by atoms with Crippen LogP contribution in [0.2, 0.25) is 10.0 Å². The smallest absolute Gasteiger partial charge is 0.326 e. The molecule has 5 rings (SSSR count). The first-order valence-corrected chi connectivity index (χ1v) is 19.6. The number of pyridine rings is 1. The normalized spacial score (nSPS) is 16.3. The van der Waals surface area contributed by atoms with Crippen molar-refractivity contribution in [2.24, 2.45) is 5.41 Å². The van der Waals surface area contributed by atoms with E-state index < -0.39 is 23.5 Å². The number of hydrogen-bond donors (Lipinski definition) is 4. The molecule has 4 N–H and O–H groups in total. The number of hydrogen-bond acceptors (Lipinski definition) is 12. The topological polar surface area (TPSA) is 184 Å². The summed E-state index contributed by atoms with van der Waals surface area (Å²) >= 11 is 13.7. The summed E-state index contributed by atoms with van der Waals surface area (Å²) in [5.41, 5.74) is 2.53. The van der Waals surface area contributed by atoms with Crippen molar-refractivity contribution in [2.45, 2.75) is 58.9 Å². The van der Waals surface area contributed by atoms with Crippen molar-refractivity contribution in [1.82, 2.24) is 15.2 Å². The molecule has 0 bridgehead atoms. The van der Waals surface area contributed by atoms with Crippen LogP contribution in [0, 0.1) is 23.7 Å². The second-order valence-corrected chi connectivity index (χ2v) is 15.2. The molecule has 0 saturated carbocycles. The Kier molecular flexibility index (Phi) is 15.3. The molecule has 0 aliphatic carbocycles. The van der Waals surface area contributed by atoms with E-state index in [1.165, 1.54) is 13.1 Å². The summed E-state index contributed by atoms with van der Waals surface area (Å²) in [6.07, 6.45) is 4.27. The number of esters is 1. The second kappa shape index (κ2) is 20.2. The molecule has 0 amide bonds. The second-order valence-electron chi connectivity index (χ2n) is 14.4. The van der Waals surface area contributed by atoms with Crippen LogP contribution in [0.1, 0.15) is 54.5 Å². The zero-order chi connectivity index (χ0) is 41.9. The van der Waals surface area contributed by atoms with Gasteiger partial charge in [0.25, 0.3) is 0 Å². The van der Waals surface area contributed by atoms with Crippen LogP contribution in [0.15, 0.2) is 67.0 Å². The number of rotatable bonds is 20. The third-order valence-corrected chi connectivity index (χ3v) is 11.0. The van der Waals surface area contributed by atoms with Crippen LogP contribution in [0.5, 0.6) is 17.2 Å². The molecular formula is C43H48Cl2N4O9. The molecule has 1 aliphatic heterocycles. The van der Waals surface area contributed by atoms with Crippen molar-refractivity contribution in [3.8, 4) is 34.4 Å². The fourth-order valence-corrected chi connectivity index (χ4v) is 7.14. The Bertz CT molecular complexity index is 2130. The van der Waals surface area contributed by atoms with Crippen LogP contribution in [-0.4, -0.2) is 88.7 Å². The van der Waals surface area contributed by atoms with E-state index in [4.69, 9.17) is 42.1 Å². The van der Waals surface area contributed by atoms with Gasteiger partial charge in [-0.3, -0.25) is 19.9 Å². The highest BCUT2D eigenvalue weighted by Crippen LogP contribution is 2.39. The number of aliphatic hydroxyl groups excluding tert-OH is 2. The Morgan fingerprint density at radius 1 is 1.00 bits per heavy atom. The molecule has 1 fully saturated rings. The number of ether oxygens (including phenoxy) is 4. The van der Waals surface area contributed by atoms with Crippen LogP contribution in [-0.2, 0) is 34.1 Å². The highest BCUT2D eigenvalue weighted by Gasteiger charge is 2.45. The maximum Gasteiger partial charge on any atom is 0.326 e. The minimum absolute atomic E-state index is 0.000691. The molecule has 15 heteroatoms. The SMILES string of the molecule is CCOC(=O)C1(CO)CCN(CCCOc2cccc(-c3cccc(COc4cc(OCc5cncc(C#N)c5)c(CN[C@@](C)(CO)C(=O)O)cc4Cl)c3C)c2Cl)C1. The average molecular weight is 836 g/mol. The molecule has 3 aromatic carbocycles. The number of nitriles is 1. The maximum absolute atomic E-state index is 12.5. The van der Waals surface area contributed by atoms with Crippen molar-refractivity contribution in [2.75, 3.05) is 46.1 Å². The first-order chi connectivity index (χ1) is 27.9. The summed E-state index contributed by atoms with van der Waals surface area (Å²) in [4.78, 5) is 30.5. The molecule has 1 aromatic heterocycles. The van der Waals surface area contributed by atoms with E-state index in [2.05, 4.69) is 21.3 Å². The van der Waals surface area contributed by atoms with E-state index >= 15 is 0 Å². The van der Waals surface area contributed by atoms with Crippen molar-refractivity contribution in [1.29, 1.82) is 5.26 Å². The lowest BCUT2D eigenvalue weighted by atomic mass is 9.88. The van der Waals surface area contributed by atoms with Crippen molar-refractivity contribution < 1.29 is 43.9 Å². The summed E-state index contributed by atoms with van der Waals surface area (Å²) in [6.45, 7) is 6.93. The van der Waals surface area contributed by atoms with Gasteiger partial charge in [-0.2, -0.15) is 5.26 Å². The molecule has 0 radical (unpaired) electrons. The van der Waals surface area contributed by atoms with Gasteiger partial charge in [0, 0.05) is 54.8 Å². The average Bonchev–Trinajstić information content (AvgIpc) is 3.66. The molecule has 2 heterocycles. The lowest BCUT2D eigenvalue weighted by Gasteiger charge is -2.25. The minimum atomic E-state index is -1.61. The van der Waals surface area contributed by atoms with Gasteiger partial charge in [0.05, 0.1) is 42.0 Å². The van der Waals surface area contributed by atoms with E-state index in [9.17, 15) is 30.2 Å². The van der Waals surface area contributed by atoms with Gasteiger partial charge in [-0.25, -0.2) is 0 Å². The summed E-state index contributed by atoms with van der Waals surface area (Å²) in [7, 11) is 0. The van der Waals surface area contributed by atoms with E-state index in [1.54, 1.807) is 31.3 Å². The molecule has 1 unspecified atom stereocenters. The molecular weight excluding hydrogens is 787 g/mol. The van der Waals surface area contributed by atoms with E-state index in [0.717, 1.165) is 22.3 Å². The highest BCUT2D eigenvalue weighted by molar-refractivity contribution is 6.35. The standard InChI is InChI=1S/C43H48Cl2N4O9/c1-4-55-41(54)43(27-51)12-14-49(25-43)13-7-15-56-36-11-6-10-34(39(36)45)33-9-5-8-31(28(33)2)24-58-38-18-37(57-23-30-16-29(19-46)20-47-21-30)32(17-35(38)44)22-48-42(3,26-50)40(52)53/h5-6,8-11,16-18,20-21,48,50-51H,4,7,12-15,22-27H2,1-3H3,(H,52,53)/t42-,43?/m0/s1. The zero-order valence-corrected chi connectivity index (χ0v) is 34.2. The van der Waals surface area contributed by atoms with Crippen LogP contribution in [0.4, 0.5) is 0 Å². The van der Waals surface area contributed by atoms with E-state index in [1.807, 2.05) is 43.3 Å². The number of aliphatic hydroxyl groups is 2. The van der Waals surface area contributed by atoms with Gasteiger partial charge in [-0.1, -0.05) is 53.5 Å². The first kappa shape index (κ1) is 44.2. The molecule has 308 valence electrons. The molecule has 13 nitrogen and oxygen atoms in total. The number of halogens is 2. The number of nitrogens with one attached hydrogen (secondary N) is 1. The fraction of sp³-hybridized carbons (Fsp3) is 0.395. The quantitative estimate of drug-likeness (QED) is 0.0573.